The van der Waals surface area contributed by atoms with Crippen LogP contribution in [0.1, 0.15) is 22.7 Å². The molecule has 7 heteroatoms. The van der Waals surface area contributed by atoms with Crippen LogP contribution in [0, 0.1) is 6.92 Å². The quantitative estimate of drug-likeness (QED) is 0.138. The minimum absolute atomic E-state index is 0.0556. The Labute approximate surface area is 212 Å². The van der Waals surface area contributed by atoms with E-state index in [1.165, 1.54) is 0 Å². The Hall–Kier alpha value is -4.91. The van der Waals surface area contributed by atoms with Crippen LogP contribution >= 0.6 is 0 Å². The Bertz CT molecular complexity index is 1640. The number of rotatable bonds is 6. The van der Waals surface area contributed by atoms with Crippen LogP contribution in [0.25, 0.3) is 21.7 Å². The van der Waals surface area contributed by atoms with Crippen molar-refractivity contribution in [3.63, 3.8) is 0 Å². The number of alkyl carbamates (subject to hydrolysis) is 1. The first-order chi connectivity index (χ1) is 18.0. The molecule has 1 amide bonds. The van der Waals surface area contributed by atoms with Crippen LogP contribution in [0.15, 0.2) is 106 Å². The summed E-state index contributed by atoms with van der Waals surface area (Å²) in [5, 5.41) is 4.56. The summed E-state index contributed by atoms with van der Waals surface area (Å²) in [5.74, 6) is -0.496. The van der Waals surface area contributed by atoms with E-state index in [0.717, 1.165) is 16.3 Å². The van der Waals surface area contributed by atoms with Crippen molar-refractivity contribution in [3.05, 3.63) is 124 Å². The SMILES string of the molecule is Cc1c(OC(=O)C(NC(=O)OCc2ccccc2)c2ccccc2)ccc2c1oc(=O)c1ccccc12. The fraction of sp³-hybridized carbons (Fsp3) is 0.100. The largest absolute Gasteiger partial charge is 0.445 e. The molecule has 0 aliphatic carbocycles. The van der Waals surface area contributed by atoms with Gasteiger partial charge in [0, 0.05) is 10.9 Å². The number of carbonyl (C=O) groups is 2. The highest BCUT2D eigenvalue weighted by molar-refractivity contribution is 6.05. The third-order valence-electron chi connectivity index (χ3n) is 6.04. The first kappa shape index (κ1) is 23.8. The number of nitrogens with one attached hydrogen (secondary N) is 1. The maximum atomic E-state index is 13.3. The second-order valence-corrected chi connectivity index (χ2v) is 8.47. The van der Waals surface area contributed by atoms with Crippen LogP contribution < -0.4 is 15.7 Å². The topological polar surface area (TPSA) is 94.8 Å². The van der Waals surface area contributed by atoms with Crippen molar-refractivity contribution in [2.45, 2.75) is 19.6 Å². The van der Waals surface area contributed by atoms with Gasteiger partial charge in [0.1, 0.15) is 17.9 Å². The van der Waals surface area contributed by atoms with E-state index in [9.17, 15) is 14.4 Å². The molecule has 184 valence electrons. The van der Waals surface area contributed by atoms with Gasteiger partial charge in [0.15, 0.2) is 6.04 Å². The molecule has 0 fully saturated rings. The summed E-state index contributed by atoms with van der Waals surface area (Å²) in [7, 11) is 0. The van der Waals surface area contributed by atoms with Gasteiger partial charge in [-0.15, -0.1) is 0 Å². The lowest BCUT2D eigenvalue weighted by molar-refractivity contribution is -0.136. The van der Waals surface area contributed by atoms with Crippen LogP contribution in [-0.2, 0) is 16.1 Å². The van der Waals surface area contributed by atoms with E-state index in [2.05, 4.69) is 5.32 Å². The molecule has 1 heterocycles. The van der Waals surface area contributed by atoms with Crippen LogP contribution in [0.4, 0.5) is 4.79 Å². The van der Waals surface area contributed by atoms with Gasteiger partial charge in [-0.2, -0.15) is 0 Å². The van der Waals surface area contributed by atoms with Crippen molar-refractivity contribution in [1.29, 1.82) is 0 Å². The first-order valence-corrected chi connectivity index (χ1v) is 11.7. The molecule has 0 aliphatic heterocycles. The maximum absolute atomic E-state index is 13.3. The van der Waals surface area contributed by atoms with Gasteiger partial charge in [-0.3, -0.25) is 0 Å². The average Bonchev–Trinajstić information content (AvgIpc) is 2.93. The highest BCUT2D eigenvalue weighted by Crippen LogP contribution is 2.31. The van der Waals surface area contributed by atoms with Crippen molar-refractivity contribution in [3.8, 4) is 5.75 Å². The molecule has 1 atom stereocenters. The van der Waals surface area contributed by atoms with Crippen molar-refractivity contribution >= 4 is 33.8 Å². The molecular formula is C30H23NO6. The Balaban J connectivity index is 1.41. The molecule has 5 aromatic rings. The highest BCUT2D eigenvalue weighted by atomic mass is 16.6. The van der Waals surface area contributed by atoms with Gasteiger partial charge >= 0.3 is 17.7 Å². The minimum Gasteiger partial charge on any atom is -0.445 e. The first-order valence-electron chi connectivity index (χ1n) is 11.7. The fourth-order valence-electron chi connectivity index (χ4n) is 4.15. The molecule has 0 aliphatic rings. The molecule has 0 spiro atoms. The lowest BCUT2D eigenvalue weighted by atomic mass is 10.0. The second kappa shape index (κ2) is 10.4. The van der Waals surface area contributed by atoms with Crippen molar-refractivity contribution < 1.29 is 23.5 Å². The van der Waals surface area contributed by atoms with E-state index in [0.29, 0.717) is 22.1 Å². The summed E-state index contributed by atoms with van der Waals surface area (Å²) in [6, 6.07) is 27.4. The molecule has 0 radical (unpaired) electrons. The molecule has 37 heavy (non-hydrogen) atoms. The van der Waals surface area contributed by atoms with Gasteiger partial charge in [-0.05, 0) is 41.6 Å². The van der Waals surface area contributed by atoms with Crippen molar-refractivity contribution in [1.82, 2.24) is 5.32 Å². The summed E-state index contributed by atoms with van der Waals surface area (Å²) in [5.41, 5.74) is 1.70. The van der Waals surface area contributed by atoms with Gasteiger partial charge in [0.2, 0.25) is 0 Å². The second-order valence-electron chi connectivity index (χ2n) is 8.47. The standard InChI is InChI=1S/C30H23NO6/c1-19-25(17-16-23-22-14-8-9-15-24(22)28(32)37-27(19)23)36-29(33)26(21-12-6-3-7-13-21)31-30(34)35-18-20-10-4-2-5-11-20/h2-17,26H,18H2,1H3,(H,31,34). The van der Waals surface area contributed by atoms with Crippen LogP contribution in [0.3, 0.4) is 0 Å². The van der Waals surface area contributed by atoms with Gasteiger partial charge < -0.3 is 19.2 Å². The number of ether oxygens (including phenoxy) is 2. The highest BCUT2D eigenvalue weighted by Gasteiger charge is 2.26. The number of benzene rings is 4. The number of amides is 1. The Kier molecular flexibility index (Phi) is 6.68. The third-order valence-corrected chi connectivity index (χ3v) is 6.04. The summed E-state index contributed by atoms with van der Waals surface area (Å²) < 4.78 is 16.6. The van der Waals surface area contributed by atoms with E-state index in [-0.39, 0.29) is 12.4 Å². The Morgan fingerprint density at radius 3 is 2.19 bits per heavy atom. The zero-order valence-electron chi connectivity index (χ0n) is 20.0. The number of fused-ring (bicyclic) bond motifs is 3. The molecule has 0 saturated heterocycles. The number of hydrogen-bond donors (Lipinski definition) is 1. The predicted octanol–water partition coefficient (Wildman–Crippen LogP) is 5.83. The van der Waals surface area contributed by atoms with E-state index in [1.807, 2.05) is 42.5 Å². The fourth-order valence-corrected chi connectivity index (χ4v) is 4.15. The number of carbonyl (C=O) groups excluding carboxylic acids is 2. The molecule has 0 saturated carbocycles. The van der Waals surface area contributed by atoms with Crippen molar-refractivity contribution in [2.75, 3.05) is 0 Å². The number of hydrogen-bond acceptors (Lipinski definition) is 6. The van der Waals surface area contributed by atoms with E-state index >= 15 is 0 Å². The summed E-state index contributed by atoms with van der Waals surface area (Å²) in [6.45, 7) is 1.77. The van der Waals surface area contributed by atoms with Gasteiger partial charge in [-0.25, -0.2) is 14.4 Å². The number of esters is 1. The van der Waals surface area contributed by atoms with E-state index < -0.39 is 23.7 Å². The van der Waals surface area contributed by atoms with Gasteiger partial charge in [0.05, 0.1) is 5.39 Å². The zero-order valence-corrected chi connectivity index (χ0v) is 20.0. The lowest BCUT2D eigenvalue weighted by Gasteiger charge is -2.19. The number of aryl methyl sites for hydroxylation is 1. The molecule has 7 nitrogen and oxygen atoms in total. The molecule has 0 bridgehead atoms. The van der Waals surface area contributed by atoms with Crippen LogP contribution in [0.5, 0.6) is 5.75 Å². The third kappa shape index (κ3) is 5.06. The predicted molar refractivity (Wildman–Crippen MR) is 139 cm³/mol. The molecule has 4 aromatic carbocycles. The molecule has 1 unspecified atom stereocenters. The smallest absolute Gasteiger partial charge is 0.408 e. The normalized spacial score (nSPS) is 11.7. The monoisotopic (exact) mass is 493 g/mol. The Morgan fingerprint density at radius 2 is 1.46 bits per heavy atom. The van der Waals surface area contributed by atoms with Crippen LogP contribution in [0.2, 0.25) is 0 Å². The lowest BCUT2D eigenvalue weighted by Crippen LogP contribution is -2.36. The van der Waals surface area contributed by atoms with Crippen molar-refractivity contribution in [2.24, 2.45) is 0 Å². The zero-order chi connectivity index (χ0) is 25.8. The molecule has 5 rings (SSSR count). The average molecular weight is 494 g/mol. The molecular weight excluding hydrogens is 470 g/mol. The van der Waals surface area contributed by atoms with E-state index in [1.54, 1.807) is 61.5 Å². The molecule has 1 aromatic heterocycles. The van der Waals surface area contributed by atoms with E-state index in [4.69, 9.17) is 13.9 Å². The van der Waals surface area contributed by atoms with Gasteiger partial charge in [-0.1, -0.05) is 78.9 Å². The maximum Gasteiger partial charge on any atom is 0.408 e. The van der Waals surface area contributed by atoms with Crippen LogP contribution in [-0.4, -0.2) is 12.1 Å². The summed E-state index contributed by atoms with van der Waals surface area (Å²) in [4.78, 5) is 38.4. The summed E-state index contributed by atoms with van der Waals surface area (Å²) in [6.07, 6.45) is -0.762. The van der Waals surface area contributed by atoms with Gasteiger partial charge in [0.25, 0.3) is 0 Å². The molecule has 1 N–H and O–H groups in total. The Morgan fingerprint density at radius 1 is 0.811 bits per heavy atom. The summed E-state index contributed by atoms with van der Waals surface area (Å²) >= 11 is 0. The minimum atomic E-state index is -1.12.